The molecule has 9 heteroatoms. The topological polar surface area (TPSA) is 84.9 Å². The molecule has 1 aromatic heterocycles. The molecule has 0 atom stereocenters. The Kier molecular flexibility index (Phi) is 4.76. The van der Waals surface area contributed by atoms with Gasteiger partial charge < -0.3 is 14.4 Å². The summed E-state index contributed by atoms with van der Waals surface area (Å²) in [6.45, 7) is 2.16. The fourth-order valence-electron chi connectivity index (χ4n) is 3.60. The van der Waals surface area contributed by atoms with Crippen LogP contribution in [-0.4, -0.2) is 55.9 Å². The number of ether oxygens (including phenoxy) is 2. The zero-order valence-corrected chi connectivity index (χ0v) is 17.0. The van der Waals surface area contributed by atoms with Crippen LogP contribution in [0, 0.1) is 0 Å². The van der Waals surface area contributed by atoms with Gasteiger partial charge in [0, 0.05) is 31.7 Å². The predicted octanol–water partition coefficient (Wildman–Crippen LogP) is 2.38. The van der Waals surface area contributed by atoms with E-state index in [0.29, 0.717) is 36.8 Å². The van der Waals surface area contributed by atoms with Gasteiger partial charge in [-0.15, -0.1) is 10.2 Å². The first kappa shape index (κ1) is 18.8. The van der Waals surface area contributed by atoms with Crippen LogP contribution in [0.25, 0.3) is 11.3 Å². The van der Waals surface area contributed by atoms with Crippen LogP contribution in [0.2, 0.25) is 0 Å². The molecule has 8 nitrogen and oxygen atoms in total. The number of benzene rings is 2. The summed E-state index contributed by atoms with van der Waals surface area (Å²) in [5, 5.41) is 8.70. The van der Waals surface area contributed by atoms with Crippen molar-refractivity contribution in [3.05, 3.63) is 60.7 Å². The average Bonchev–Trinajstić information content (AvgIpc) is 3.28. The van der Waals surface area contributed by atoms with Crippen molar-refractivity contribution < 1.29 is 17.9 Å². The van der Waals surface area contributed by atoms with Crippen molar-refractivity contribution in [1.82, 2.24) is 14.5 Å². The molecule has 2 aliphatic rings. The normalized spacial score (nSPS) is 16.6. The Morgan fingerprint density at radius 2 is 1.57 bits per heavy atom. The molecule has 3 aromatic rings. The van der Waals surface area contributed by atoms with Gasteiger partial charge in [0.1, 0.15) is 0 Å². The van der Waals surface area contributed by atoms with E-state index in [0.717, 1.165) is 22.8 Å². The summed E-state index contributed by atoms with van der Waals surface area (Å²) >= 11 is 0. The lowest BCUT2D eigenvalue weighted by Crippen LogP contribution is -2.48. The highest BCUT2D eigenvalue weighted by atomic mass is 32.2. The number of rotatable bonds is 4. The molecule has 2 aliphatic heterocycles. The molecule has 5 rings (SSSR count). The lowest BCUT2D eigenvalue weighted by Gasteiger charge is -2.34. The van der Waals surface area contributed by atoms with Crippen LogP contribution in [0.5, 0.6) is 11.5 Å². The van der Waals surface area contributed by atoms with Crippen molar-refractivity contribution in [1.29, 1.82) is 0 Å². The number of piperazine rings is 1. The summed E-state index contributed by atoms with van der Waals surface area (Å²) in [6.07, 6.45) is 0. The van der Waals surface area contributed by atoms with Gasteiger partial charge in [0.05, 0.1) is 10.6 Å². The van der Waals surface area contributed by atoms with Gasteiger partial charge in [0.2, 0.25) is 16.8 Å². The molecule has 1 fully saturated rings. The molecular weight excluding hydrogens is 404 g/mol. The summed E-state index contributed by atoms with van der Waals surface area (Å²) in [5.41, 5.74) is 1.64. The maximum Gasteiger partial charge on any atom is 0.243 e. The highest BCUT2D eigenvalue weighted by Gasteiger charge is 2.28. The maximum atomic E-state index is 12.8. The molecule has 0 unspecified atom stereocenters. The highest BCUT2D eigenvalue weighted by Crippen LogP contribution is 2.35. The van der Waals surface area contributed by atoms with E-state index in [-0.39, 0.29) is 6.79 Å². The van der Waals surface area contributed by atoms with Crippen molar-refractivity contribution in [2.24, 2.45) is 0 Å². The lowest BCUT2D eigenvalue weighted by atomic mass is 10.1. The Bertz CT molecular complexity index is 1150. The van der Waals surface area contributed by atoms with E-state index in [9.17, 15) is 8.42 Å². The summed E-state index contributed by atoms with van der Waals surface area (Å²) in [4.78, 5) is 2.37. The zero-order valence-electron chi connectivity index (χ0n) is 16.1. The standard InChI is InChI=1S/C21H20N4O4S/c26-30(27,17-4-2-1-3-5-17)25-12-10-24(11-13-25)21-9-7-18(22-23-21)16-6-8-19-20(14-16)29-15-28-19/h1-9,14H,10-13,15H2. The number of anilines is 1. The van der Waals surface area contributed by atoms with Crippen LogP contribution in [0.1, 0.15) is 0 Å². The van der Waals surface area contributed by atoms with E-state index in [4.69, 9.17) is 9.47 Å². The quantitative estimate of drug-likeness (QED) is 0.636. The average molecular weight is 424 g/mol. The number of hydrogen-bond acceptors (Lipinski definition) is 7. The third-order valence-electron chi connectivity index (χ3n) is 5.26. The number of hydrogen-bond donors (Lipinski definition) is 0. The molecule has 0 N–H and O–H groups in total. The van der Waals surface area contributed by atoms with E-state index in [1.54, 1.807) is 24.3 Å². The van der Waals surface area contributed by atoms with E-state index < -0.39 is 10.0 Å². The molecule has 0 aliphatic carbocycles. The zero-order chi connectivity index (χ0) is 20.6. The molecule has 1 saturated heterocycles. The number of sulfonamides is 1. The van der Waals surface area contributed by atoms with Crippen LogP contribution < -0.4 is 14.4 Å². The molecule has 0 amide bonds. The van der Waals surface area contributed by atoms with Gasteiger partial charge in [0.25, 0.3) is 0 Å². The molecule has 0 spiro atoms. The third-order valence-corrected chi connectivity index (χ3v) is 7.18. The molecule has 30 heavy (non-hydrogen) atoms. The molecule has 0 saturated carbocycles. The van der Waals surface area contributed by atoms with Crippen LogP contribution >= 0.6 is 0 Å². The predicted molar refractivity (Wildman–Crippen MR) is 111 cm³/mol. The van der Waals surface area contributed by atoms with Crippen molar-refractivity contribution in [3.8, 4) is 22.8 Å². The molecule has 3 heterocycles. The largest absolute Gasteiger partial charge is 0.454 e. The van der Waals surface area contributed by atoms with Crippen molar-refractivity contribution >= 4 is 15.8 Å². The number of aromatic nitrogens is 2. The fourth-order valence-corrected chi connectivity index (χ4v) is 5.05. The van der Waals surface area contributed by atoms with E-state index in [1.807, 2.05) is 41.3 Å². The first-order valence-corrected chi connectivity index (χ1v) is 11.1. The van der Waals surface area contributed by atoms with Crippen LogP contribution in [-0.2, 0) is 10.0 Å². The minimum absolute atomic E-state index is 0.232. The SMILES string of the molecule is O=S(=O)(c1ccccc1)N1CCN(c2ccc(-c3ccc4c(c3)OCO4)nn2)CC1. The second-order valence-electron chi connectivity index (χ2n) is 7.05. The molecule has 2 aromatic carbocycles. The highest BCUT2D eigenvalue weighted by molar-refractivity contribution is 7.89. The minimum Gasteiger partial charge on any atom is -0.454 e. The van der Waals surface area contributed by atoms with Gasteiger partial charge in [-0.3, -0.25) is 0 Å². The van der Waals surface area contributed by atoms with Gasteiger partial charge in [-0.2, -0.15) is 4.31 Å². The number of fused-ring (bicyclic) bond motifs is 1. The lowest BCUT2D eigenvalue weighted by molar-refractivity contribution is 0.174. The first-order chi connectivity index (χ1) is 14.6. The maximum absolute atomic E-state index is 12.8. The van der Waals surface area contributed by atoms with Gasteiger partial charge in [-0.05, 0) is 42.5 Å². The van der Waals surface area contributed by atoms with Crippen molar-refractivity contribution in [3.63, 3.8) is 0 Å². The Morgan fingerprint density at radius 1 is 0.800 bits per heavy atom. The van der Waals surface area contributed by atoms with E-state index in [1.165, 1.54) is 4.31 Å². The summed E-state index contributed by atoms with van der Waals surface area (Å²) in [7, 11) is -3.47. The number of nitrogens with zero attached hydrogens (tertiary/aromatic N) is 4. The molecule has 0 bridgehead atoms. The first-order valence-electron chi connectivity index (χ1n) is 9.65. The fraction of sp³-hybridized carbons (Fsp3) is 0.238. The van der Waals surface area contributed by atoms with Crippen molar-refractivity contribution in [2.75, 3.05) is 37.9 Å². The van der Waals surface area contributed by atoms with Crippen molar-refractivity contribution in [2.45, 2.75) is 4.90 Å². The summed E-state index contributed by atoms with van der Waals surface area (Å²) in [6, 6.07) is 18.0. The van der Waals surface area contributed by atoms with E-state index in [2.05, 4.69) is 10.2 Å². The monoisotopic (exact) mass is 424 g/mol. The second kappa shape index (κ2) is 7.58. The Hall–Kier alpha value is -3.17. The smallest absolute Gasteiger partial charge is 0.243 e. The Balaban J connectivity index is 1.27. The Morgan fingerprint density at radius 3 is 2.30 bits per heavy atom. The summed E-state index contributed by atoms with van der Waals surface area (Å²) in [5.74, 6) is 2.16. The summed E-state index contributed by atoms with van der Waals surface area (Å²) < 4.78 is 37.8. The third kappa shape index (κ3) is 3.46. The van der Waals surface area contributed by atoms with E-state index >= 15 is 0 Å². The van der Waals surface area contributed by atoms with Gasteiger partial charge in [-0.25, -0.2) is 8.42 Å². The van der Waals surface area contributed by atoms with Gasteiger partial charge in [-0.1, -0.05) is 18.2 Å². The van der Waals surface area contributed by atoms with Gasteiger partial charge in [0.15, 0.2) is 17.3 Å². The minimum atomic E-state index is -3.47. The van der Waals surface area contributed by atoms with Gasteiger partial charge >= 0.3 is 0 Å². The Labute approximate surface area is 174 Å². The molecule has 0 radical (unpaired) electrons. The van der Waals surface area contributed by atoms with Crippen LogP contribution in [0.4, 0.5) is 5.82 Å². The second-order valence-corrected chi connectivity index (χ2v) is 8.99. The van der Waals surface area contributed by atoms with Crippen LogP contribution in [0.15, 0.2) is 65.6 Å². The molecule has 154 valence electrons. The van der Waals surface area contributed by atoms with Crippen LogP contribution in [0.3, 0.4) is 0 Å². The molecular formula is C21H20N4O4S.